The van der Waals surface area contributed by atoms with E-state index in [-0.39, 0.29) is 24.0 Å². The van der Waals surface area contributed by atoms with Crippen molar-refractivity contribution in [2.75, 3.05) is 13.6 Å². The van der Waals surface area contributed by atoms with Gasteiger partial charge >= 0.3 is 0 Å². The first-order chi connectivity index (χ1) is 9.85. The third kappa shape index (κ3) is 4.71. The van der Waals surface area contributed by atoms with Crippen LogP contribution in [0.2, 0.25) is 0 Å². The van der Waals surface area contributed by atoms with E-state index in [2.05, 4.69) is 15.6 Å². The number of rotatable bonds is 5. The highest BCUT2D eigenvalue weighted by atomic mass is 127. The van der Waals surface area contributed by atoms with E-state index in [0.717, 1.165) is 24.8 Å². The van der Waals surface area contributed by atoms with E-state index in [1.165, 1.54) is 51.4 Å². The summed E-state index contributed by atoms with van der Waals surface area (Å²) in [7, 11) is 1.86. The first-order valence-electron chi connectivity index (χ1n) is 8.48. The fraction of sp³-hybridized carbons (Fsp3) is 0.938. The number of hydrogen-bond acceptors (Lipinski definition) is 2. The van der Waals surface area contributed by atoms with Crippen LogP contribution in [0.25, 0.3) is 0 Å². The topological polar surface area (TPSA) is 45.7 Å². The summed E-state index contributed by atoms with van der Waals surface area (Å²) in [5, 5.41) is 7.00. The average molecular weight is 407 g/mol. The summed E-state index contributed by atoms with van der Waals surface area (Å²) in [5.74, 6) is 1.95. The maximum Gasteiger partial charge on any atom is 0.191 e. The molecule has 2 aliphatic heterocycles. The van der Waals surface area contributed by atoms with Crippen LogP contribution < -0.4 is 10.6 Å². The van der Waals surface area contributed by atoms with Crippen LogP contribution >= 0.6 is 24.0 Å². The molecule has 3 rings (SSSR count). The number of nitrogens with zero attached hydrogens (tertiary/aromatic N) is 1. The van der Waals surface area contributed by atoms with Gasteiger partial charge in [0.25, 0.3) is 0 Å². The monoisotopic (exact) mass is 407 g/mol. The van der Waals surface area contributed by atoms with E-state index in [4.69, 9.17) is 4.74 Å². The molecular weight excluding hydrogens is 377 g/mol. The summed E-state index contributed by atoms with van der Waals surface area (Å²) in [5.41, 5.74) is 0. The van der Waals surface area contributed by atoms with Crippen LogP contribution in [0.5, 0.6) is 0 Å². The fourth-order valence-corrected chi connectivity index (χ4v) is 4.06. The maximum atomic E-state index is 5.88. The first-order valence-corrected chi connectivity index (χ1v) is 8.48. The highest BCUT2D eigenvalue weighted by Crippen LogP contribution is 2.34. The van der Waals surface area contributed by atoms with Crippen LogP contribution in [0.15, 0.2) is 4.99 Å². The zero-order valence-electron chi connectivity index (χ0n) is 13.1. The van der Waals surface area contributed by atoms with E-state index < -0.39 is 0 Å². The molecule has 122 valence electrons. The summed E-state index contributed by atoms with van der Waals surface area (Å²) in [4.78, 5) is 4.34. The van der Waals surface area contributed by atoms with Crippen LogP contribution in [0.3, 0.4) is 0 Å². The Bertz CT molecular complexity index is 344. The molecule has 2 saturated heterocycles. The zero-order valence-corrected chi connectivity index (χ0v) is 15.5. The number of halogens is 1. The maximum absolute atomic E-state index is 5.88. The first kappa shape index (κ1) is 17.3. The van der Waals surface area contributed by atoms with Gasteiger partial charge in [-0.25, -0.2) is 0 Å². The molecule has 3 aliphatic rings. The van der Waals surface area contributed by atoms with Crippen molar-refractivity contribution in [2.45, 2.75) is 76.0 Å². The summed E-state index contributed by atoms with van der Waals surface area (Å²) >= 11 is 0. The van der Waals surface area contributed by atoms with Gasteiger partial charge in [-0.05, 0) is 38.0 Å². The molecule has 1 saturated carbocycles. The lowest BCUT2D eigenvalue weighted by Gasteiger charge is -2.22. The van der Waals surface area contributed by atoms with Crippen molar-refractivity contribution >= 4 is 29.9 Å². The van der Waals surface area contributed by atoms with Crippen LogP contribution in [0, 0.1) is 5.92 Å². The minimum absolute atomic E-state index is 0. The number of guanidine groups is 1. The Kier molecular flexibility index (Phi) is 7.05. The second kappa shape index (κ2) is 8.56. The standard InChI is InChI=1S/C16H29N3O.HI/c1-17-16(18-10-4-7-12-5-2-3-6-12)19-14-11-13-8-9-15(14)20-13;/h12-15H,2-11H2,1H3,(H2,17,18,19);1H. The molecule has 3 atom stereocenters. The van der Waals surface area contributed by atoms with Crippen molar-refractivity contribution in [1.29, 1.82) is 0 Å². The predicted octanol–water partition coefficient (Wildman–Crippen LogP) is 3.06. The minimum Gasteiger partial charge on any atom is -0.373 e. The average Bonchev–Trinajstić information content (AvgIpc) is 3.19. The quantitative estimate of drug-likeness (QED) is 0.319. The smallest absolute Gasteiger partial charge is 0.191 e. The molecule has 0 aromatic carbocycles. The van der Waals surface area contributed by atoms with Crippen LogP contribution in [0.4, 0.5) is 0 Å². The highest BCUT2D eigenvalue weighted by Gasteiger charge is 2.41. The molecule has 0 amide bonds. The number of aliphatic imine (C=N–C) groups is 1. The minimum atomic E-state index is 0. The molecule has 3 unspecified atom stereocenters. The lowest BCUT2D eigenvalue weighted by molar-refractivity contribution is 0.0992. The summed E-state index contributed by atoms with van der Waals surface area (Å²) in [6.45, 7) is 1.04. The number of hydrogen-bond donors (Lipinski definition) is 2. The van der Waals surface area contributed by atoms with Gasteiger partial charge in [0.05, 0.1) is 18.2 Å². The van der Waals surface area contributed by atoms with Gasteiger partial charge < -0.3 is 15.4 Å². The third-order valence-corrected chi connectivity index (χ3v) is 5.21. The Hall–Kier alpha value is -0.0400. The van der Waals surface area contributed by atoms with Crippen LogP contribution in [0.1, 0.15) is 57.8 Å². The van der Waals surface area contributed by atoms with Crippen molar-refractivity contribution < 1.29 is 4.74 Å². The largest absolute Gasteiger partial charge is 0.373 e. The highest BCUT2D eigenvalue weighted by molar-refractivity contribution is 14.0. The van der Waals surface area contributed by atoms with Gasteiger partial charge in [-0.15, -0.1) is 24.0 Å². The molecule has 2 heterocycles. The van der Waals surface area contributed by atoms with Crippen molar-refractivity contribution in [2.24, 2.45) is 10.9 Å². The Balaban J connectivity index is 0.00000161. The molecule has 1 aliphatic carbocycles. The number of fused-ring (bicyclic) bond motifs is 2. The van der Waals surface area contributed by atoms with Crippen molar-refractivity contribution in [1.82, 2.24) is 10.6 Å². The van der Waals surface area contributed by atoms with Gasteiger partial charge in [0.2, 0.25) is 0 Å². The SMILES string of the molecule is CN=C(NCCCC1CCCC1)NC1CC2CCC1O2.I. The summed E-state index contributed by atoms with van der Waals surface area (Å²) < 4.78 is 5.88. The molecule has 0 aromatic rings. The van der Waals surface area contributed by atoms with E-state index in [1.807, 2.05) is 7.05 Å². The molecule has 0 spiro atoms. The molecule has 3 fully saturated rings. The predicted molar refractivity (Wildman–Crippen MR) is 97.4 cm³/mol. The van der Waals surface area contributed by atoms with Crippen molar-refractivity contribution in [3.63, 3.8) is 0 Å². The van der Waals surface area contributed by atoms with Gasteiger partial charge in [-0.2, -0.15) is 0 Å². The van der Waals surface area contributed by atoms with Gasteiger partial charge in [-0.1, -0.05) is 25.7 Å². The molecule has 4 nitrogen and oxygen atoms in total. The Morgan fingerprint density at radius 3 is 2.62 bits per heavy atom. The number of ether oxygens (including phenoxy) is 1. The summed E-state index contributed by atoms with van der Waals surface area (Å²) in [6.07, 6.45) is 13.0. The van der Waals surface area contributed by atoms with Crippen LogP contribution in [-0.2, 0) is 4.74 Å². The molecule has 0 radical (unpaired) electrons. The lowest BCUT2D eigenvalue weighted by Crippen LogP contribution is -2.47. The van der Waals surface area contributed by atoms with Gasteiger partial charge in [0, 0.05) is 13.6 Å². The molecule has 2 N–H and O–H groups in total. The molecule has 5 heteroatoms. The van der Waals surface area contributed by atoms with Gasteiger partial charge in [0.1, 0.15) is 0 Å². The molecule has 2 bridgehead atoms. The van der Waals surface area contributed by atoms with Crippen molar-refractivity contribution in [3.8, 4) is 0 Å². The Labute approximate surface area is 145 Å². The number of nitrogens with one attached hydrogen (secondary N) is 2. The molecule has 0 aromatic heterocycles. The van der Waals surface area contributed by atoms with E-state index >= 15 is 0 Å². The second-order valence-corrected chi connectivity index (χ2v) is 6.65. The van der Waals surface area contributed by atoms with E-state index in [0.29, 0.717) is 18.2 Å². The Morgan fingerprint density at radius 1 is 1.19 bits per heavy atom. The normalized spacial score (nSPS) is 32.2. The van der Waals surface area contributed by atoms with Crippen LogP contribution in [-0.4, -0.2) is 37.8 Å². The van der Waals surface area contributed by atoms with Crippen molar-refractivity contribution in [3.05, 3.63) is 0 Å². The molecular formula is C16H30IN3O. The Morgan fingerprint density at radius 2 is 2.00 bits per heavy atom. The molecule has 21 heavy (non-hydrogen) atoms. The second-order valence-electron chi connectivity index (χ2n) is 6.65. The van der Waals surface area contributed by atoms with E-state index in [9.17, 15) is 0 Å². The van der Waals surface area contributed by atoms with E-state index in [1.54, 1.807) is 0 Å². The lowest BCUT2D eigenvalue weighted by atomic mass is 9.96. The van der Waals surface area contributed by atoms with Gasteiger partial charge in [0.15, 0.2) is 5.96 Å². The zero-order chi connectivity index (χ0) is 13.8. The fourth-order valence-electron chi connectivity index (χ4n) is 4.06. The van der Waals surface area contributed by atoms with Gasteiger partial charge in [-0.3, -0.25) is 4.99 Å². The third-order valence-electron chi connectivity index (χ3n) is 5.21. The summed E-state index contributed by atoms with van der Waals surface area (Å²) in [6, 6.07) is 0.467.